The molecule has 0 bridgehead atoms. The Hall–Kier alpha value is -3.73. The zero-order valence-corrected chi connectivity index (χ0v) is 16.5. The van der Waals surface area contributed by atoms with Crippen LogP contribution in [0, 0.1) is 0 Å². The van der Waals surface area contributed by atoms with Crippen LogP contribution in [0.25, 0.3) is 21.8 Å². The molecule has 0 amide bonds. The number of nitrogens with zero attached hydrogens (tertiary/aromatic N) is 2. The van der Waals surface area contributed by atoms with E-state index in [2.05, 4.69) is 9.72 Å². The summed E-state index contributed by atoms with van der Waals surface area (Å²) in [6, 6.07) is 21.0. The van der Waals surface area contributed by atoms with Crippen LogP contribution < -0.4 is 0 Å². The molecule has 0 aliphatic rings. The predicted molar refractivity (Wildman–Crippen MR) is 114 cm³/mol. The van der Waals surface area contributed by atoms with Crippen LogP contribution in [-0.2, 0) is 16.7 Å². The molecule has 1 aromatic heterocycles. The van der Waals surface area contributed by atoms with Gasteiger partial charge in [-0.25, -0.2) is 4.79 Å². The Bertz CT molecular complexity index is 1280. The third kappa shape index (κ3) is 3.43. The highest BCUT2D eigenvalue weighted by atomic mass is 16.7. The fourth-order valence-corrected chi connectivity index (χ4v) is 3.53. The van der Waals surface area contributed by atoms with E-state index in [0.29, 0.717) is 16.8 Å². The Morgan fingerprint density at radius 3 is 2.00 bits per heavy atom. The van der Waals surface area contributed by atoms with Gasteiger partial charge in [0, 0.05) is 46.9 Å². The zero-order valence-electron chi connectivity index (χ0n) is 16.5. The van der Waals surface area contributed by atoms with E-state index in [4.69, 9.17) is 4.84 Å². The number of benzene rings is 3. The third-order valence-electron chi connectivity index (χ3n) is 5.03. The molecule has 0 spiro atoms. The van der Waals surface area contributed by atoms with Crippen molar-refractivity contribution in [2.24, 2.45) is 12.2 Å². The average molecular weight is 384 g/mol. The Morgan fingerprint density at radius 2 is 1.38 bits per heavy atom. The highest BCUT2D eigenvalue weighted by Crippen LogP contribution is 2.30. The van der Waals surface area contributed by atoms with E-state index in [0.717, 1.165) is 27.4 Å². The van der Waals surface area contributed by atoms with Crippen LogP contribution in [-0.4, -0.2) is 22.0 Å². The molecule has 0 aliphatic heterocycles. The van der Waals surface area contributed by atoms with Crippen molar-refractivity contribution in [3.05, 3.63) is 83.4 Å². The first kappa shape index (κ1) is 18.6. The maximum absolute atomic E-state index is 12.9. The minimum atomic E-state index is -0.459. The molecule has 0 radical (unpaired) electrons. The van der Waals surface area contributed by atoms with E-state index in [1.54, 1.807) is 6.92 Å². The normalized spacial score (nSPS) is 11.8. The van der Waals surface area contributed by atoms with Gasteiger partial charge in [0.1, 0.15) is 0 Å². The van der Waals surface area contributed by atoms with E-state index in [1.165, 1.54) is 6.92 Å². The summed E-state index contributed by atoms with van der Waals surface area (Å²) in [5.74, 6) is -0.465. The molecule has 0 atom stereocenters. The Morgan fingerprint density at radius 1 is 0.793 bits per heavy atom. The van der Waals surface area contributed by atoms with Gasteiger partial charge in [-0.05, 0) is 42.8 Å². The number of hydrogen-bond acceptors (Lipinski definition) is 4. The molecule has 4 rings (SSSR count). The quantitative estimate of drug-likeness (QED) is 0.219. The summed E-state index contributed by atoms with van der Waals surface area (Å²) >= 11 is 0. The third-order valence-corrected chi connectivity index (χ3v) is 5.03. The second-order valence-electron chi connectivity index (χ2n) is 6.98. The second kappa shape index (κ2) is 7.36. The van der Waals surface area contributed by atoms with Crippen molar-refractivity contribution in [2.75, 3.05) is 0 Å². The van der Waals surface area contributed by atoms with Gasteiger partial charge in [-0.2, -0.15) is 0 Å². The summed E-state index contributed by atoms with van der Waals surface area (Å²) in [6.45, 7) is 3.11. The lowest BCUT2D eigenvalue weighted by atomic mass is 10.0. The number of fused-ring (bicyclic) bond motifs is 3. The second-order valence-corrected chi connectivity index (χ2v) is 6.98. The first-order chi connectivity index (χ1) is 14.0. The summed E-state index contributed by atoms with van der Waals surface area (Å²) in [7, 11) is 2.00. The molecule has 0 fully saturated rings. The van der Waals surface area contributed by atoms with Gasteiger partial charge in [0.25, 0.3) is 0 Å². The lowest BCUT2D eigenvalue weighted by Crippen LogP contribution is -2.00. The van der Waals surface area contributed by atoms with Gasteiger partial charge < -0.3 is 9.40 Å². The number of hydrogen-bond donors (Lipinski definition) is 0. The standard InChI is InChI=1S/C24H20N2O3/c1-15(25-29-16(2)27)18-9-11-22-20(13-18)21-14-19(10-12-23(21)26(22)3)24(28)17-7-5-4-6-8-17/h4-14H,1-3H3/b25-15-. The van der Waals surface area contributed by atoms with Gasteiger partial charge in [-0.3, -0.25) is 4.79 Å². The number of oxime groups is 1. The number of rotatable bonds is 4. The molecule has 3 aromatic carbocycles. The van der Waals surface area contributed by atoms with Crippen molar-refractivity contribution >= 4 is 39.3 Å². The molecule has 0 saturated carbocycles. The SMILES string of the molecule is CC(=O)O/N=C(/C)c1ccc2c(c1)c1cc(C(=O)c3ccccc3)ccc1n2C. The fraction of sp³-hybridized carbons (Fsp3) is 0.125. The highest BCUT2D eigenvalue weighted by Gasteiger charge is 2.14. The van der Waals surface area contributed by atoms with Crippen molar-refractivity contribution in [3.8, 4) is 0 Å². The largest absolute Gasteiger partial charge is 0.344 e. The summed E-state index contributed by atoms with van der Waals surface area (Å²) < 4.78 is 2.10. The molecular weight excluding hydrogens is 364 g/mol. The van der Waals surface area contributed by atoms with Crippen molar-refractivity contribution in [3.63, 3.8) is 0 Å². The maximum Gasteiger partial charge on any atom is 0.331 e. The molecule has 0 unspecified atom stereocenters. The summed E-state index contributed by atoms with van der Waals surface area (Å²) in [4.78, 5) is 28.7. The number of aryl methyl sites for hydroxylation is 1. The molecule has 0 saturated heterocycles. The number of aromatic nitrogens is 1. The lowest BCUT2D eigenvalue weighted by Gasteiger charge is -2.03. The molecule has 4 aromatic rings. The fourth-order valence-electron chi connectivity index (χ4n) is 3.53. The maximum atomic E-state index is 12.9. The minimum Gasteiger partial charge on any atom is -0.344 e. The van der Waals surface area contributed by atoms with Crippen LogP contribution in [0.4, 0.5) is 0 Å². The summed E-state index contributed by atoms with van der Waals surface area (Å²) in [6.07, 6.45) is 0. The minimum absolute atomic E-state index is 0.00624. The number of carbonyl (C=O) groups is 2. The van der Waals surface area contributed by atoms with Crippen LogP contribution in [0.2, 0.25) is 0 Å². The van der Waals surface area contributed by atoms with E-state index in [-0.39, 0.29) is 5.78 Å². The van der Waals surface area contributed by atoms with E-state index in [9.17, 15) is 9.59 Å². The topological polar surface area (TPSA) is 60.7 Å². The molecule has 5 nitrogen and oxygen atoms in total. The van der Waals surface area contributed by atoms with Crippen molar-refractivity contribution < 1.29 is 14.4 Å². The summed E-state index contributed by atoms with van der Waals surface area (Å²) in [5, 5.41) is 5.89. The summed E-state index contributed by atoms with van der Waals surface area (Å²) in [5.41, 5.74) is 4.86. The molecule has 0 aliphatic carbocycles. The Kier molecular flexibility index (Phi) is 4.72. The molecule has 1 heterocycles. The number of ketones is 1. The van der Waals surface area contributed by atoms with Gasteiger partial charge in [-0.15, -0.1) is 0 Å². The monoisotopic (exact) mass is 384 g/mol. The van der Waals surface area contributed by atoms with Crippen LogP contribution in [0.1, 0.15) is 35.3 Å². The van der Waals surface area contributed by atoms with Crippen LogP contribution >= 0.6 is 0 Å². The predicted octanol–water partition coefficient (Wildman–Crippen LogP) is 4.85. The van der Waals surface area contributed by atoms with Crippen LogP contribution in [0.5, 0.6) is 0 Å². The van der Waals surface area contributed by atoms with Crippen molar-refractivity contribution in [2.45, 2.75) is 13.8 Å². The zero-order chi connectivity index (χ0) is 20.5. The van der Waals surface area contributed by atoms with E-state index in [1.807, 2.05) is 73.8 Å². The van der Waals surface area contributed by atoms with E-state index < -0.39 is 5.97 Å². The van der Waals surface area contributed by atoms with Gasteiger partial charge in [0.2, 0.25) is 0 Å². The highest BCUT2D eigenvalue weighted by molar-refractivity contribution is 6.15. The molecule has 144 valence electrons. The van der Waals surface area contributed by atoms with Crippen molar-refractivity contribution in [1.82, 2.24) is 4.57 Å². The Labute approximate surface area is 168 Å². The van der Waals surface area contributed by atoms with Crippen LogP contribution in [0.15, 0.2) is 71.9 Å². The van der Waals surface area contributed by atoms with Crippen LogP contribution in [0.3, 0.4) is 0 Å². The lowest BCUT2D eigenvalue weighted by molar-refractivity contribution is -0.140. The van der Waals surface area contributed by atoms with Gasteiger partial charge in [-0.1, -0.05) is 41.6 Å². The number of carbonyl (C=O) groups excluding carboxylic acids is 2. The molecule has 29 heavy (non-hydrogen) atoms. The first-order valence-corrected chi connectivity index (χ1v) is 9.30. The molecule has 5 heteroatoms. The molecular formula is C24H20N2O3. The van der Waals surface area contributed by atoms with Gasteiger partial charge in [0.15, 0.2) is 5.78 Å². The van der Waals surface area contributed by atoms with Gasteiger partial charge >= 0.3 is 5.97 Å². The molecule has 0 N–H and O–H groups in total. The van der Waals surface area contributed by atoms with Crippen molar-refractivity contribution in [1.29, 1.82) is 0 Å². The Balaban J connectivity index is 1.85. The first-order valence-electron chi connectivity index (χ1n) is 9.30. The van der Waals surface area contributed by atoms with E-state index >= 15 is 0 Å². The van der Waals surface area contributed by atoms with Gasteiger partial charge in [0.05, 0.1) is 5.71 Å². The average Bonchev–Trinajstić information content (AvgIpc) is 3.03. The smallest absolute Gasteiger partial charge is 0.331 e.